The third-order valence-electron chi connectivity index (χ3n) is 6.97. The number of aliphatic hydroxyl groups excluding tert-OH is 1. The molecule has 42 heavy (non-hydrogen) atoms. The van der Waals surface area contributed by atoms with E-state index in [9.17, 15) is 14.7 Å². The van der Waals surface area contributed by atoms with Crippen molar-refractivity contribution in [3.63, 3.8) is 0 Å². The summed E-state index contributed by atoms with van der Waals surface area (Å²) in [5.41, 5.74) is 2.15. The third-order valence-corrected chi connectivity index (χ3v) is 6.97. The Morgan fingerprint density at radius 3 is 2.31 bits per heavy atom. The Kier molecular flexibility index (Phi) is 10.6. The number of likely N-dealkylation sites (tertiary alicyclic amines) is 1. The number of carbonyl (C=O) groups is 2. The molecule has 222 valence electrons. The molecule has 3 aromatic rings. The van der Waals surface area contributed by atoms with Crippen molar-refractivity contribution in [1.29, 1.82) is 0 Å². The first-order chi connectivity index (χ1) is 20.3. The second kappa shape index (κ2) is 14.5. The lowest BCUT2D eigenvalue weighted by Crippen LogP contribution is -2.32. The molecule has 1 N–H and O–H groups in total. The zero-order valence-electron chi connectivity index (χ0n) is 24.8. The number of carbonyl (C=O) groups excluding carboxylic acids is 2. The maximum atomic E-state index is 13.5. The summed E-state index contributed by atoms with van der Waals surface area (Å²) in [6.45, 7) is 6.35. The maximum Gasteiger partial charge on any atom is 0.295 e. The second-order valence-electron chi connectivity index (χ2n) is 10.4. The number of Topliss-reactive ketones (excluding diaryl/α,β-unsaturated/α-hetero) is 1. The minimum absolute atomic E-state index is 0.0486. The highest BCUT2D eigenvalue weighted by Crippen LogP contribution is 2.42. The van der Waals surface area contributed by atoms with E-state index in [1.54, 1.807) is 41.3 Å². The topological polar surface area (TPSA) is 88.5 Å². The van der Waals surface area contributed by atoms with E-state index in [2.05, 4.69) is 0 Å². The van der Waals surface area contributed by atoms with E-state index in [0.29, 0.717) is 61.2 Å². The van der Waals surface area contributed by atoms with Gasteiger partial charge in [-0.1, -0.05) is 43.3 Å². The molecule has 1 aliphatic rings. The normalized spacial score (nSPS) is 16.2. The molecule has 0 saturated carbocycles. The fourth-order valence-electron chi connectivity index (χ4n) is 4.92. The molecule has 1 atom stereocenters. The molecule has 3 aromatic carbocycles. The smallest absolute Gasteiger partial charge is 0.295 e. The van der Waals surface area contributed by atoms with E-state index in [0.717, 1.165) is 18.5 Å². The highest BCUT2D eigenvalue weighted by Gasteiger charge is 2.46. The van der Waals surface area contributed by atoms with Gasteiger partial charge in [-0.3, -0.25) is 9.59 Å². The van der Waals surface area contributed by atoms with E-state index in [4.69, 9.17) is 14.2 Å². The maximum absolute atomic E-state index is 13.5. The Morgan fingerprint density at radius 1 is 0.905 bits per heavy atom. The standard InChI is InChI=1S/C34H40N2O6/c1-5-21-41-27-16-13-25(14-17-27)32(37)30-31(36(34(39)33(30)38)20-10-19-35(3)4)26-15-18-28(29(22-26)40-6-2)42-23-24-11-8-7-9-12-24/h7-9,11-18,22,31,37H,5-6,10,19-21,23H2,1-4H3/b32-30+. The average molecular weight is 573 g/mol. The van der Waals surface area contributed by atoms with Gasteiger partial charge in [-0.2, -0.15) is 0 Å². The number of nitrogens with zero attached hydrogens (tertiary/aromatic N) is 2. The molecule has 1 aliphatic heterocycles. The van der Waals surface area contributed by atoms with Gasteiger partial charge in [0.2, 0.25) is 0 Å². The SMILES string of the molecule is CCCOc1ccc(/C(O)=C2\C(=O)C(=O)N(CCCN(C)C)C2c2ccc(OCc3ccccc3)c(OCC)c2)cc1. The minimum atomic E-state index is -0.787. The lowest BCUT2D eigenvalue weighted by Gasteiger charge is -2.26. The van der Waals surface area contributed by atoms with Gasteiger partial charge in [0.05, 0.1) is 24.8 Å². The van der Waals surface area contributed by atoms with E-state index in [1.807, 2.05) is 69.2 Å². The highest BCUT2D eigenvalue weighted by molar-refractivity contribution is 6.46. The van der Waals surface area contributed by atoms with Gasteiger partial charge in [-0.15, -0.1) is 0 Å². The molecule has 1 saturated heterocycles. The summed E-state index contributed by atoms with van der Waals surface area (Å²) in [4.78, 5) is 30.4. The summed E-state index contributed by atoms with van der Waals surface area (Å²) in [6, 6.07) is 21.4. The summed E-state index contributed by atoms with van der Waals surface area (Å²) in [6.07, 6.45) is 1.54. The minimum Gasteiger partial charge on any atom is -0.507 e. The fourth-order valence-corrected chi connectivity index (χ4v) is 4.92. The molecule has 0 radical (unpaired) electrons. The molecule has 1 fully saturated rings. The number of hydrogen-bond donors (Lipinski definition) is 1. The van der Waals surface area contributed by atoms with Gasteiger partial charge >= 0.3 is 0 Å². The average Bonchev–Trinajstić information content (AvgIpc) is 3.25. The predicted molar refractivity (Wildman–Crippen MR) is 163 cm³/mol. The van der Waals surface area contributed by atoms with Crippen molar-refractivity contribution in [2.24, 2.45) is 0 Å². The van der Waals surface area contributed by atoms with Crippen LogP contribution in [0.1, 0.15) is 49.4 Å². The molecular formula is C34H40N2O6. The number of amides is 1. The van der Waals surface area contributed by atoms with Crippen LogP contribution in [-0.2, 0) is 16.2 Å². The molecule has 0 bridgehead atoms. The van der Waals surface area contributed by atoms with Crippen molar-refractivity contribution in [1.82, 2.24) is 9.80 Å². The Hall–Kier alpha value is -4.30. The summed E-state index contributed by atoms with van der Waals surface area (Å²) >= 11 is 0. The molecule has 4 rings (SSSR count). The number of ether oxygens (including phenoxy) is 3. The highest BCUT2D eigenvalue weighted by atomic mass is 16.5. The van der Waals surface area contributed by atoms with Crippen molar-refractivity contribution in [2.45, 2.75) is 39.3 Å². The molecule has 1 heterocycles. The number of ketones is 1. The zero-order valence-corrected chi connectivity index (χ0v) is 24.8. The Labute approximate surface area is 248 Å². The Bertz CT molecular complexity index is 1380. The second-order valence-corrected chi connectivity index (χ2v) is 10.4. The first kappa shape index (κ1) is 30.7. The van der Waals surface area contributed by atoms with Gasteiger partial charge in [0, 0.05) is 12.1 Å². The molecule has 0 spiro atoms. The molecule has 8 heteroatoms. The van der Waals surface area contributed by atoms with Crippen LogP contribution in [-0.4, -0.2) is 67.0 Å². The Balaban J connectivity index is 1.73. The quantitative estimate of drug-likeness (QED) is 0.148. The van der Waals surface area contributed by atoms with Crippen LogP contribution in [0.25, 0.3) is 5.76 Å². The van der Waals surface area contributed by atoms with Crippen LogP contribution < -0.4 is 14.2 Å². The van der Waals surface area contributed by atoms with Gasteiger partial charge in [-0.05, 0) is 87.9 Å². The fraction of sp³-hybridized carbons (Fsp3) is 0.353. The molecule has 1 unspecified atom stereocenters. The first-order valence-electron chi connectivity index (χ1n) is 14.4. The van der Waals surface area contributed by atoms with Crippen LogP contribution in [0, 0.1) is 0 Å². The first-order valence-corrected chi connectivity index (χ1v) is 14.4. The molecule has 1 amide bonds. The van der Waals surface area contributed by atoms with Crippen LogP contribution in [0.5, 0.6) is 17.2 Å². The summed E-state index contributed by atoms with van der Waals surface area (Å²) in [5, 5.41) is 11.5. The number of aliphatic hydroxyl groups is 1. The van der Waals surface area contributed by atoms with Crippen LogP contribution in [0.4, 0.5) is 0 Å². The van der Waals surface area contributed by atoms with E-state index in [-0.39, 0.29) is 11.3 Å². The number of rotatable bonds is 14. The lowest BCUT2D eigenvalue weighted by molar-refractivity contribution is -0.139. The van der Waals surface area contributed by atoms with E-state index >= 15 is 0 Å². The van der Waals surface area contributed by atoms with Crippen molar-refractivity contribution < 1.29 is 28.9 Å². The third kappa shape index (κ3) is 7.31. The van der Waals surface area contributed by atoms with Gasteiger partial charge in [0.15, 0.2) is 11.5 Å². The van der Waals surface area contributed by atoms with Crippen LogP contribution in [0.2, 0.25) is 0 Å². The summed E-state index contributed by atoms with van der Waals surface area (Å²) < 4.78 is 17.7. The molecule has 0 aromatic heterocycles. The molecule has 0 aliphatic carbocycles. The van der Waals surface area contributed by atoms with Gasteiger partial charge in [0.25, 0.3) is 11.7 Å². The predicted octanol–water partition coefficient (Wildman–Crippen LogP) is 5.83. The van der Waals surface area contributed by atoms with Crippen LogP contribution in [0.3, 0.4) is 0 Å². The largest absolute Gasteiger partial charge is 0.507 e. The Morgan fingerprint density at radius 2 is 1.64 bits per heavy atom. The van der Waals surface area contributed by atoms with Gasteiger partial charge in [0.1, 0.15) is 18.1 Å². The number of benzene rings is 3. The van der Waals surface area contributed by atoms with E-state index < -0.39 is 17.7 Å². The number of hydrogen-bond acceptors (Lipinski definition) is 7. The van der Waals surface area contributed by atoms with E-state index in [1.165, 1.54) is 0 Å². The van der Waals surface area contributed by atoms with Gasteiger partial charge in [-0.25, -0.2) is 0 Å². The summed E-state index contributed by atoms with van der Waals surface area (Å²) in [5.74, 6) is 0.153. The zero-order chi connectivity index (χ0) is 30.1. The van der Waals surface area contributed by atoms with Gasteiger partial charge < -0.3 is 29.1 Å². The van der Waals surface area contributed by atoms with Crippen LogP contribution in [0.15, 0.2) is 78.4 Å². The van der Waals surface area contributed by atoms with Crippen molar-refractivity contribution >= 4 is 17.4 Å². The van der Waals surface area contributed by atoms with Crippen LogP contribution >= 0.6 is 0 Å². The summed E-state index contributed by atoms with van der Waals surface area (Å²) in [7, 11) is 3.92. The lowest BCUT2D eigenvalue weighted by atomic mass is 9.95. The van der Waals surface area contributed by atoms with Crippen molar-refractivity contribution in [3.8, 4) is 17.2 Å². The molecule has 8 nitrogen and oxygen atoms in total. The van der Waals surface area contributed by atoms with Crippen molar-refractivity contribution in [2.75, 3.05) is 40.4 Å². The van der Waals surface area contributed by atoms with Crippen molar-refractivity contribution in [3.05, 3.63) is 95.1 Å². The monoisotopic (exact) mass is 572 g/mol. The molecular weight excluding hydrogens is 532 g/mol.